The van der Waals surface area contributed by atoms with E-state index in [0.29, 0.717) is 5.56 Å². The number of hydrogen-bond donors (Lipinski definition) is 0. The van der Waals surface area contributed by atoms with E-state index in [0.717, 1.165) is 18.3 Å². The molecule has 121 valence electrons. The van der Waals surface area contributed by atoms with Crippen LogP contribution in [0.15, 0.2) is 42.6 Å². The molecule has 1 aromatic heterocycles. The van der Waals surface area contributed by atoms with Crippen molar-refractivity contribution in [3.63, 3.8) is 0 Å². The molecule has 2 aromatic rings. The lowest BCUT2D eigenvalue weighted by Crippen LogP contribution is -2.11. The number of halogens is 6. The smallest absolute Gasteiger partial charge is 0.251 e. The topological polar surface area (TPSA) is 12.9 Å². The van der Waals surface area contributed by atoms with E-state index in [4.69, 9.17) is 0 Å². The van der Waals surface area contributed by atoms with Gasteiger partial charge in [0.05, 0.1) is 5.56 Å². The molecule has 0 amide bonds. The SMILES string of the molecule is FC(F)(F)c1ccc(C=CCc2c[c]cnc2C(F)(F)F)cc1. The van der Waals surface area contributed by atoms with Gasteiger partial charge in [-0.15, -0.1) is 0 Å². The molecule has 0 unspecified atom stereocenters. The minimum absolute atomic E-state index is 0.0526. The first-order chi connectivity index (χ1) is 10.7. The molecule has 0 aliphatic rings. The van der Waals surface area contributed by atoms with Gasteiger partial charge in [0.15, 0.2) is 0 Å². The van der Waals surface area contributed by atoms with Crippen LogP contribution in [0.4, 0.5) is 26.3 Å². The van der Waals surface area contributed by atoms with Gasteiger partial charge in [0.1, 0.15) is 5.69 Å². The fraction of sp³-hybridized carbons (Fsp3) is 0.188. The molecule has 2 rings (SSSR count). The average molecular weight is 330 g/mol. The first-order valence-corrected chi connectivity index (χ1v) is 6.44. The lowest BCUT2D eigenvalue weighted by molar-refractivity contribution is -0.141. The summed E-state index contributed by atoms with van der Waals surface area (Å²) in [5.41, 5.74) is -1.37. The van der Waals surface area contributed by atoms with Crippen molar-refractivity contribution in [2.45, 2.75) is 18.8 Å². The van der Waals surface area contributed by atoms with Crippen LogP contribution in [0.25, 0.3) is 6.08 Å². The van der Waals surface area contributed by atoms with Crippen LogP contribution in [-0.4, -0.2) is 4.98 Å². The zero-order valence-corrected chi connectivity index (χ0v) is 11.5. The number of nitrogens with zero attached hydrogens (tertiary/aromatic N) is 1. The quantitative estimate of drug-likeness (QED) is 0.707. The second kappa shape index (κ2) is 6.44. The maximum atomic E-state index is 12.7. The molecule has 1 radical (unpaired) electrons. The average Bonchev–Trinajstić information content (AvgIpc) is 2.46. The third-order valence-corrected chi connectivity index (χ3v) is 2.98. The summed E-state index contributed by atoms with van der Waals surface area (Å²) in [7, 11) is 0. The lowest BCUT2D eigenvalue weighted by atomic mass is 10.1. The van der Waals surface area contributed by atoms with Crippen molar-refractivity contribution in [3.05, 3.63) is 71.1 Å². The third kappa shape index (κ3) is 4.58. The van der Waals surface area contributed by atoms with Gasteiger partial charge >= 0.3 is 12.4 Å². The second-order valence-corrected chi connectivity index (χ2v) is 4.67. The number of pyridine rings is 1. The Morgan fingerprint density at radius 2 is 1.61 bits per heavy atom. The molecule has 0 saturated carbocycles. The van der Waals surface area contributed by atoms with Gasteiger partial charge in [-0.25, -0.2) is 0 Å². The van der Waals surface area contributed by atoms with Crippen molar-refractivity contribution in [2.24, 2.45) is 0 Å². The molecule has 0 spiro atoms. The van der Waals surface area contributed by atoms with E-state index in [2.05, 4.69) is 11.1 Å². The van der Waals surface area contributed by atoms with Crippen molar-refractivity contribution >= 4 is 6.08 Å². The van der Waals surface area contributed by atoms with Crippen LogP contribution in [0, 0.1) is 6.07 Å². The summed E-state index contributed by atoms with van der Waals surface area (Å²) in [4.78, 5) is 3.27. The van der Waals surface area contributed by atoms with Crippen LogP contribution in [0.1, 0.15) is 22.4 Å². The van der Waals surface area contributed by atoms with Crippen molar-refractivity contribution in [3.8, 4) is 0 Å². The Morgan fingerprint density at radius 1 is 0.957 bits per heavy atom. The van der Waals surface area contributed by atoms with E-state index < -0.39 is 23.6 Å². The summed E-state index contributed by atoms with van der Waals surface area (Å²) in [5.74, 6) is 0. The Balaban J connectivity index is 2.11. The van der Waals surface area contributed by atoms with Crippen LogP contribution in [0.5, 0.6) is 0 Å². The van der Waals surface area contributed by atoms with E-state index in [1.54, 1.807) is 0 Å². The summed E-state index contributed by atoms with van der Waals surface area (Å²) < 4.78 is 75.5. The highest BCUT2D eigenvalue weighted by molar-refractivity contribution is 5.50. The Labute approximate surface area is 128 Å². The van der Waals surface area contributed by atoms with Gasteiger partial charge in [0.2, 0.25) is 0 Å². The fourth-order valence-electron chi connectivity index (χ4n) is 1.91. The number of benzene rings is 1. The van der Waals surface area contributed by atoms with Gasteiger partial charge < -0.3 is 0 Å². The molecule has 23 heavy (non-hydrogen) atoms. The van der Waals surface area contributed by atoms with Crippen LogP contribution in [0.2, 0.25) is 0 Å². The van der Waals surface area contributed by atoms with Crippen LogP contribution in [-0.2, 0) is 18.8 Å². The molecule has 0 atom stereocenters. The van der Waals surface area contributed by atoms with Crippen molar-refractivity contribution in [1.82, 2.24) is 4.98 Å². The van der Waals surface area contributed by atoms with Crippen LogP contribution in [0.3, 0.4) is 0 Å². The molecule has 1 heterocycles. The molecule has 0 bridgehead atoms. The Hall–Kier alpha value is -2.31. The number of allylic oxidation sites excluding steroid dienone is 1. The first-order valence-electron chi connectivity index (χ1n) is 6.44. The molecule has 0 N–H and O–H groups in total. The summed E-state index contributed by atoms with van der Waals surface area (Å²) in [6.45, 7) is 0. The van der Waals surface area contributed by atoms with E-state index >= 15 is 0 Å². The molecule has 0 aliphatic carbocycles. The maximum Gasteiger partial charge on any atom is 0.433 e. The van der Waals surface area contributed by atoms with Gasteiger partial charge in [0, 0.05) is 12.3 Å². The Bertz CT molecular complexity index is 683. The predicted octanol–water partition coefficient (Wildman–Crippen LogP) is 5.18. The van der Waals surface area contributed by atoms with E-state index in [-0.39, 0.29) is 12.0 Å². The normalized spacial score (nSPS) is 12.8. The van der Waals surface area contributed by atoms with Gasteiger partial charge in [-0.05, 0) is 35.7 Å². The van der Waals surface area contributed by atoms with E-state index in [1.807, 2.05) is 0 Å². The molecule has 0 saturated heterocycles. The summed E-state index contributed by atoms with van der Waals surface area (Å²) in [6.07, 6.45) is -5.22. The highest BCUT2D eigenvalue weighted by Crippen LogP contribution is 2.31. The van der Waals surface area contributed by atoms with E-state index in [9.17, 15) is 26.3 Å². The molecule has 1 aromatic carbocycles. The number of rotatable bonds is 3. The monoisotopic (exact) mass is 330 g/mol. The number of alkyl halides is 6. The van der Waals surface area contributed by atoms with Gasteiger partial charge in [-0.2, -0.15) is 26.3 Å². The maximum absolute atomic E-state index is 12.7. The van der Waals surface area contributed by atoms with Crippen LogP contribution < -0.4 is 0 Å². The fourth-order valence-corrected chi connectivity index (χ4v) is 1.91. The summed E-state index contributed by atoms with van der Waals surface area (Å²) >= 11 is 0. The predicted molar refractivity (Wildman–Crippen MR) is 72.3 cm³/mol. The van der Waals surface area contributed by atoms with E-state index in [1.165, 1.54) is 30.4 Å². The largest absolute Gasteiger partial charge is 0.433 e. The van der Waals surface area contributed by atoms with Gasteiger partial charge in [-0.3, -0.25) is 4.98 Å². The molecule has 7 heteroatoms. The zero-order chi connectivity index (χ0) is 17.1. The Morgan fingerprint density at radius 3 is 2.17 bits per heavy atom. The molecular weight excluding hydrogens is 320 g/mol. The lowest BCUT2D eigenvalue weighted by Gasteiger charge is -2.09. The number of hydrogen-bond acceptors (Lipinski definition) is 1. The molecule has 1 nitrogen and oxygen atoms in total. The molecule has 0 aliphatic heterocycles. The summed E-state index contributed by atoms with van der Waals surface area (Å²) in [6, 6.07) is 7.99. The highest BCUT2D eigenvalue weighted by atomic mass is 19.4. The summed E-state index contributed by atoms with van der Waals surface area (Å²) in [5, 5.41) is 0. The van der Waals surface area contributed by atoms with Crippen molar-refractivity contribution in [2.75, 3.05) is 0 Å². The first kappa shape index (κ1) is 17.1. The second-order valence-electron chi connectivity index (χ2n) is 4.67. The van der Waals surface area contributed by atoms with Gasteiger partial charge in [0.25, 0.3) is 0 Å². The minimum Gasteiger partial charge on any atom is -0.251 e. The number of aromatic nitrogens is 1. The highest BCUT2D eigenvalue weighted by Gasteiger charge is 2.34. The molecule has 0 fully saturated rings. The van der Waals surface area contributed by atoms with Crippen LogP contribution >= 0.6 is 0 Å². The standard InChI is InChI=1S/C16H10F6N/c17-15(18,19)13-8-6-11(7-9-13)3-1-4-12-5-2-10-23-14(12)16(20,21)22/h1,3,5-10H,4H2. The third-order valence-electron chi connectivity index (χ3n) is 2.98. The molecular formula is C16H10F6N. The van der Waals surface area contributed by atoms with Crippen molar-refractivity contribution < 1.29 is 26.3 Å². The van der Waals surface area contributed by atoms with Crippen molar-refractivity contribution in [1.29, 1.82) is 0 Å². The minimum atomic E-state index is -4.56. The Kier molecular flexibility index (Phi) is 4.77. The zero-order valence-electron chi connectivity index (χ0n) is 11.5. The van der Waals surface area contributed by atoms with Gasteiger partial charge in [-0.1, -0.05) is 24.3 Å².